The summed E-state index contributed by atoms with van der Waals surface area (Å²) in [5, 5.41) is 0. The molecule has 1 aliphatic carbocycles. The maximum absolute atomic E-state index is 11.1. The monoisotopic (exact) mass is 154 g/mol. The van der Waals surface area contributed by atoms with E-state index >= 15 is 0 Å². The Hall–Kier alpha value is -0.860. The Morgan fingerprint density at radius 3 is 2.64 bits per heavy atom. The zero-order valence-corrected chi connectivity index (χ0v) is 6.59. The van der Waals surface area contributed by atoms with Crippen molar-refractivity contribution in [3.8, 4) is 0 Å². The van der Waals surface area contributed by atoms with Crippen LogP contribution in [0.1, 0.15) is 20.3 Å². The Balaban J connectivity index is 2.33. The normalized spacial score (nSPS) is 48.2. The van der Waals surface area contributed by atoms with Gasteiger partial charge in [-0.1, -0.05) is 6.92 Å². The molecule has 11 heavy (non-hydrogen) atoms. The predicted molar refractivity (Wildman–Crippen MR) is 36.5 cm³/mol. The molecule has 2 heterocycles. The highest BCUT2D eigenvalue weighted by molar-refractivity contribution is 5.96. The first-order valence-corrected chi connectivity index (χ1v) is 3.82. The molecule has 3 unspecified atom stereocenters. The lowest BCUT2D eigenvalue weighted by molar-refractivity contribution is -0.204. The van der Waals surface area contributed by atoms with E-state index in [1.165, 1.54) is 0 Å². The van der Waals surface area contributed by atoms with Crippen LogP contribution in [0.5, 0.6) is 0 Å². The lowest BCUT2D eigenvalue weighted by atomic mass is 9.54. The highest BCUT2D eigenvalue weighted by Crippen LogP contribution is 2.55. The van der Waals surface area contributed by atoms with E-state index in [2.05, 4.69) is 4.74 Å². The van der Waals surface area contributed by atoms with Gasteiger partial charge in [-0.15, -0.1) is 0 Å². The average molecular weight is 154 g/mol. The van der Waals surface area contributed by atoms with Gasteiger partial charge in [-0.25, -0.2) is 0 Å². The molecule has 1 saturated carbocycles. The molecule has 0 aromatic rings. The Bertz CT molecular complexity index is 246. The number of hydrogen-bond acceptors (Lipinski definition) is 3. The molecule has 3 nitrogen and oxygen atoms in total. The van der Waals surface area contributed by atoms with Gasteiger partial charge in [0.05, 0.1) is 11.3 Å². The van der Waals surface area contributed by atoms with Crippen molar-refractivity contribution in [2.45, 2.75) is 20.3 Å². The van der Waals surface area contributed by atoms with Gasteiger partial charge in [0.1, 0.15) is 0 Å². The number of hydrogen-bond donors (Lipinski definition) is 0. The van der Waals surface area contributed by atoms with E-state index in [1.807, 2.05) is 13.8 Å². The van der Waals surface area contributed by atoms with Crippen LogP contribution in [0.3, 0.4) is 0 Å². The SMILES string of the molecule is CC1C2CC1(C)C(=O)OC2=O. The molecule has 2 aliphatic heterocycles. The van der Waals surface area contributed by atoms with Gasteiger partial charge < -0.3 is 4.74 Å². The number of fused-ring (bicyclic) bond motifs is 2. The Morgan fingerprint density at radius 2 is 2.18 bits per heavy atom. The van der Waals surface area contributed by atoms with Gasteiger partial charge in [-0.3, -0.25) is 9.59 Å². The minimum atomic E-state index is -0.363. The smallest absolute Gasteiger partial charge is 0.319 e. The van der Waals surface area contributed by atoms with Gasteiger partial charge in [0.2, 0.25) is 0 Å². The summed E-state index contributed by atoms with van der Waals surface area (Å²) in [4.78, 5) is 22.1. The van der Waals surface area contributed by atoms with E-state index < -0.39 is 0 Å². The summed E-state index contributed by atoms with van der Waals surface area (Å²) in [7, 11) is 0. The van der Waals surface area contributed by atoms with Crippen molar-refractivity contribution in [1.29, 1.82) is 0 Å². The van der Waals surface area contributed by atoms with Crippen LogP contribution in [-0.4, -0.2) is 11.9 Å². The number of rotatable bonds is 0. The van der Waals surface area contributed by atoms with Crippen molar-refractivity contribution in [2.24, 2.45) is 17.3 Å². The molecule has 0 radical (unpaired) electrons. The fourth-order valence-electron chi connectivity index (χ4n) is 1.94. The quantitative estimate of drug-likeness (QED) is 0.381. The van der Waals surface area contributed by atoms with Crippen molar-refractivity contribution in [3.05, 3.63) is 0 Å². The van der Waals surface area contributed by atoms with Gasteiger partial charge in [0.25, 0.3) is 0 Å². The van der Waals surface area contributed by atoms with Crippen LogP contribution in [0.2, 0.25) is 0 Å². The molecule has 3 aliphatic rings. The topological polar surface area (TPSA) is 43.4 Å². The van der Waals surface area contributed by atoms with Crippen LogP contribution in [0.4, 0.5) is 0 Å². The van der Waals surface area contributed by atoms with Crippen molar-refractivity contribution >= 4 is 11.9 Å². The molecule has 3 heteroatoms. The molecule has 2 bridgehead atoms. The second-order valence-corrected chi connectivity index (χ2v) is 3.73. The fraction of sp³-hybridized carbons (Fsp3) is 0.750. The van der Waals surface area contributed by atoms with E-state index in [0.717, 1.165) is 0 Å². The third-order valence-corrected chi connectivity index (χ3v) is 3.21. The molecule has 3 atom stereocenters. The van der Waals surface area contributed by atoms with Gasteiger partial charge >= 0.3 is 11.9 Å². The van der Waals surface area contributed by atoms with E-state index in [9.17, 15) is 9.59 Å². The summed E-state index contributed by atoms with van der Waals surface area (Å²) in [6.45, 7) is 3.80. The fourth-order valence-corrected chi connectivity index (χ4v) is 1.94. The lowest BCUT2D eigenvalue weighted by Crippen LogP contribution is -2.59. The van der Waals surface area contributed by atoms with Crippen LogP contribution in [0, 0.1) is 17.3 Å². The molecule has 3 fully saturated rings. The van der Waals surface area contributed by atoms with Gasteiger partial charge in [-0.2, -0.15) is 0 Å². The molecule has 2 saturated heterocycles. The number of ether oxygens (including phenoxy) is 1. The summed E-state index contributed by atoms with van der Waals surface area (Å²) >= 11 is 0. The lowest BCUT2D eigenvalue weighted by Gasteiger charge is -2.51. The first kappa shape index (κ1) is 6.83. The average Bonchev–Trinajstić information content (AvgIpc) is 1.95. The van der Waals surface area contributed by atoms with E-state index in [1.54, 1.807) is 0 Å². The van der Waals surface area contributed by atoms with Crippen molar-refractivity contribution < 1.29 is 14.3 Å². The summed E-state index contributed by atoms with van der Waals surface area (Å²) in [5.41, 5.74) is -0.363. The molecule has 0 aromatic carbocycles. The Kier molecular flexibility index (Phi) is 1.03. The highest BCUT2D eigenvalue weighted by atomic mass is 16.6. The second-order valence-electron chi connectivity index (χ2n) is 3.73. The maximum atomic E-state index is 11.1. The molecule has 0 aromatic heterocycles. The first-order chi connectivity index (χ1) is 5.05. The summed E-state index contributed by atoms with van der Waals surface area (Å²) in [6, 6.07) is 0. The third kappa shape index (κ3) is 0.588. The van der Waals surface area contributed by atoms with Crippen LogP contribution in [0.15, 0.2) is 0 Å². The predicted octanol–water partition coefficient (Wildman–Crippen LogP) is 0.732. The minimum Gasteiger partial charge on any atom is -0.393 e. The van der Waals surface area contributed by atoms with Crippen LogP contribution in [-0.2, 0) is 14.3 Å². The maximum Gasteiger partial charge on any atom is 0.319 e. The van der Waals surface area contributed by atoms with Gasteiger partial charge in [-0.05, 0) is 19.3 Å². The van der Waals surface area contributed by atoms with Gasteiger partial charge in [0.15, 0.2) is 0 Å². The molecule has 0 spiro atoms. The molecular formula is C8H10O3. The zero-order chi connectivity index (χ0) is 8.22. The van der Waals surface area contributed by atoms with E-state index in [0.29, 0.717) is 6.42 Å². The van der Waals surface area contributed by atoms with Crippen LogP contribution >= 0.6 is 0 Å². The summed E-state index contributed by atoms with van der Waals surface area (Å²) < 4.78 is 4.54. The van der Waals surface area contributed by atoms with Crippen LogP contribution in [0.25, 0.3) is 0 Å². The number of carbonyl (C=O) groups excluding carboxylic acids is 2. The van der Waals surface area contributed by atoms with E-state index in [-0.39, 0.29) is 29.2 Å². The van der Waals surface area contributed by atoms with Gasteiger partial charge in [0, 0.05) is 0 Å². The molecule has 0 amide bonds. The standard InChI is InChI=1S/C8H10O3/c1-4-5-3-8(4,2)7(10)11-6(5)9/h4-5H,3H2,1-2H3. The summed E-state index contributed by atoms with van der Waals surface area (Å²) in [5.74, 6) is -0.502. The number of carbonyl (C=O) groups is 2. The molecule has 3 rings (SSSR count). The third-order valence-electron chi connectivity index (χ3n) is 3.21. The summed E-state index contributed by atoms with van der Waals surface area (Å²) in [6.07, 6.45) is 0.686. The Labute approximate surface area is 64.7 Å². The van der Waals surface area contributed by atoms with E-state index in [4.69, 9.17) is 0 Å². The van der Waals surface area contributed by atoms with Crippen LogP contribution < -0.4 is 0 Å². The van der Waals surface area contributed by atoms with Crippen molar-refractivity contribution in [2.75, 3.05) is 0 Å². The molecular weight excluding hydrogens is 144 g/mol. The van der Waals surface area contributed by atoms with Crippen molar-refractivity contribution in [1.82, 2.24) is 0 Å². The molecule has 60 valence electrons. The minimum absolute atomic E-state index is 0.0160. The zero-order valence-electron chi connectivity index (χ0n) is 6.59. The number of esters is 2. The second kappa shape index (κ2) is 1.65. The first-order valence-electron chi connectivity index (χ1n) is 3.82. The Morgan fingerprint density at radius 1 is 1.55 bits per heavy atom. The van der Waals surface area contributed by atoms with Crippen molar-refractivity contribution in [3.63, 3.8) is 0 Å². The highest BCUT2D eigenvalue weighted by Gasteiger charge is 2.62. The molecule has 0 N–H and O–H groups in total. The largest absolute Gasteiger partial charge is 0.393 e.